The minimum absolute atomic E-state index is 0.166. The second-order valence-corrected chi connectivity index (χ2v) is 4.63. The molecule has 0 radical (unpaired) electrons. The third-order valence-electron chi connectivity index (χ3n) is 1.54. The van der Waals surface area contributed by atoms with E-state index < -0.39 is 10.2 Å². The lowest BCUT2D eigenvalue weighted by Crippen LogP contribution is -2.30. The zero-order chi connectivity index (χ0) is 11.3. The first-order chi connectivity index (χ1) is 7.05. The molecule has 0 heterocycles. The van der Waals surface area contributed by atoms with Crippen molar-refractivity contribution in [1.29, 1.82) is 0 Å². The summed E-state index contributed by atoms with van der Waals surface area (Å²) in [6.45, 7) is 3.57. The summed E-state index contributed by atoms with van der Waals surface area (Å²) < 4.78 is 27.3. The molecular weight excluding hydrogens is 236 g/mol. The Morgan fingerprint density at radius 3 is 2.67 bits per heavy atom. The second kappa shape index (κ2) is 5.16. The molecule has 6 heteroatoms. The SMILES string of the molecule is C=CCNS(=O)(=O)Nc1ccccc1Cl. The standard InChI is InChI=1S/C9H11ClN2O2S/c1-2-7-11-15(13,14)12-9-6-4-3-5-8(9)10/h2-6,11-12H,1,7H2. The fourth-order valence-corrected chi connectivity index (χ4v) is 2.01. The van der Waals surface area contributed by atoms with Crippen molar-refractivity contribution in [2.45, 2.75) is 0 Å². The summed E-state index contributed by atoms with van der Waals surface area (Å²) in [5.41, 5.74) is 0.343. The molecule has 0 aromatic heterocycles. The molecule has 0 fully saturated rings. The molecule has 0 unspecified atom stereocenters. The molecule has 15 heavy (non-hydrogen) atoms. The van der Waals surface area contributed by atoms with Crippen molar-refractivity contribution in [1.82, 2.24) is 4.72 Å². The van der Waals surface area contributed by atoms with Crippen LogP contribution in [0.2, 0.25) is 5.02 Å². The van der Waals surface area contributed by atoms with E-state index in [0.717, 1.165) is 0 Å². The number of halogens is 1. The maximum absolute atomic E-state index is 11.4. The van der Waals surface area contributed by atoms with E-state index in [1.807, 2.05) is 0 Å². The third-order valence-corrected chi connectivity index (χ3v) is 2.90. The number of hydrogen-bond donors (Lipinski definition) is 2. The van der Waals surface area contributed by atoms with Crippen molar-refractivity contribution < 1.29 is 8.42 Å². The van der Waals surface area contributed by atoms with Gasteiger partial charge in [0.1, 0.15) is 0 Å². The van der Waals surface area contributed by atoms with E-state index in [-0.39, 0.29) is 6.54 Å². The van der Waals surface area contributed by atoms with Gasteiger partial charge in [0.05, 0.1) is 10.7 Å². The molecule has 1 aromatic carbocycles. The van der Waals surface area contributed by atoms with Gasteiger partial charge in [-0.2, -0.15) is 13.1 Å². The summed E-state index contributed by atoms with van der Waals surface area (Å²) in [7, 11) is -3.57. The quantitative estimate of drug-likeness (QED) is 0.778. The molecule has 0 spiro atoms. The van der Waals surface area contributed by atoms with Gasteiger partial charge in [0.2, 0.25) is 0 Å². The van der Waals surface area contributed by atoms with E-state index in [1.165, 1.54) is 6.08 Å². The molecular formula is C9H11ClN2O2S. The second-order valence-electron chi connectivity index (χ2n) is 2.72. The first-order valence-corrected chi connectivity index (χ1v) is 6.04. The lowest BCUT2D eigenvalue weighted by Gasteiger charge is -2.08. The van der Waals surface area contributed by atoms with Crippen molar-refractivity contribution >= 4 is 27.5 Å². The van der Waals surface area contributed by atoms with Gasteiger partial charge in [-0.05, 0) is 12.1 Å². The van der Waals surface area contributed by atoms with Crippen LogP contribution >= 0.6 is 11.6 Å². The predicted octanol–water partition coefficient (Wildman–Crippen LogP) is 1.77. The molecule has 0 atom stereocenters. The van der Waals surface area contributed by atoms with E-state index in [9.17, 15) is 8.42 Å². The summed E-state index contributed by atoms with van der Waals surface area (Å²) in [5.74, 6) is 0. The molecule has 0 aliphatic heterocycles. The Bertz CT molecular complexity index is 445. The molecule has 0 bridgehead atoms. The lowest BCUT2D eigenvalue weighted by atomic mass is 10.3. The maximum Gasteiger partial charge on any atom is 0.299 e. The fourth-order valence-electron chi connectivity index (χ4n) is 0.893. The van der Waals surface area contributed by atoms with Gasteiger partial charge in [-0.3, -0.25) is 4.72 Å². The zero-order valence-corrected chi connectivity index (χ0v) is 9.48. The van der Waals surface area contributed by atoms with Gasteiger partial charge >= 0.3 is 0 Å². The average Bonchev–Trinajstić information content (AvgIpc) is 2.18. The molecule has 1 aromatic rings. The number of rotatable bonds is 5. The monoisotopic (exact) mass is 246 g/mol. The van der Waals surface area contributed by atoms with Crippen LogP contribution in [0, 0.1) is 0 Å². The third kappa shape index (κ3) is 3.91. The molecule has 0 aliphatic carbocycles. The highest BCUT2D eigenvalue weighted by Gasteiger charge is 2.09. The van der Waals surface area contributed by atoms with Crippen molar-refractivity contribution in [2.24, 2.45) is 0 Å². The molecule has 0 saturated heterocycles. The van der Waals surface area contributed by atoms with E-state index in [1.54, 1.807) is 24.3 Å². The number of benzene rings is 1. The zero-order valence-electron chi connectivity index (χ0n) is 7.90. The van der Waals surface area contributed by atoms with E-state index >= 15 is 0 Å². The van der Waals surface area contributed by atoms with Crippen LogP contribution in [0.5, 0.6) is 0 Å². The van der Waals surface area contributed by atoms with Crippen molar-refractivity contribution in [3.63, 3.8) is 0 Å². The summed E-state index contributed by atoms with van der Waals surface area (Å²) >= 11 is 5.79. The number of para-hydroxylation sites is 1. The van der Waals surface area contributed by atoms with Crippen LogP contribution in [-0.4, -0.2) is 15.0 Å². The van der Waals surface area contributed by atoms with Crippen molar-refractivity contribution in [2.75, 3.05) is 11.3 Å². The topological polar surface area (TPSA) is 58.2 Å². The molecule has 2 N–H and O–H groups in total. The Kier molecular flexibility index (Phi) is 4.14. The minimum atomic E-state index is -3.57. The Morgan fingerprint density at radius 2 is 2.07 bits per heavy atom. The molecule has 0 aliphatic rings. The lowest BCUT2D eigenvalue weighted by molar-refractivity contribution is 0.591. The maximum atomic E-state index is 11.4. The molecule has 0 amide bonds. The fraction of sp³-hybridized carbons (Fsp3) is 0.111. The molecule has 82 valence electrons. The molecule has 4 nitrogen and oxygen atoms in total. The van der Waals surface area contributed by atoms with Crippen LogP contribution < -0.4 is 9.44 Å². The van der Waals surface area contributed by atoms with Crippen LogP contribution in [0.4, 0.5) is 5.69 Å². The van der Waals surface area contributed by atoms with Crippen LogP contribution in [0.3, 0.4) is 0 Å². The van der Waals surface area contributed by atoms with Gasteiger partial charge in [0.25, 0.3) is 10.2 Å². The average molecular weight is 247 g/mol. The largest absolute Gasteiger partial charge is 0.299 e. The van der Waals surface area contributed by atoms with Crippen molar-refractivity contribution in [3.05, 3.63) is 41.9 Å². The highest BCUT2D eigenvalue weighted by Crippen LogP contribution is 2.20. The first kappa shape index (κ1) is 12.0. The van der Waals surface area contributed by atoms with Gasteiger partial charge in [-0.15, -0.1) is 6.58 Å². The van der Waals surface area contributed by atoms with Crippen molar-refractivity contribution in [3.8, 4) is 0 Å². The Balaban J connectivity index is 2.78. The highest BCUT2D eigenvalue weighted by molar-refractivity contribution is 7.90. The number of anilines is 1. The van der Waals surface area contributed by atoms with E-state index in [4.69, 9.17) is 11.6 Å². The number of nitrogens with one attached hydrogen (secondary N) is 2. The van der Waals surface area contributed by atoms with Gasteiger partial charge in [-0.25, -0.2) is 0 Å². The van der Waals surface area contributed by atoms with Crippen LogP contribution in [-0.2, 0) is 10.2 Å². The van der Waals surface area contributed by atoms with Gasteiger partial charge in [0.15, 0.2) is 0 Å². The van der Waals surface area contributed by atoms with Crippen LogP contribution in [0.1, 0.15) is 0 Å². The summed E-state index contributed by atoms with van der Waals surface area (Å²) in [4.78, 5) is 0. The summed E-state index contributed by atoms with van der Waals surface area (Å²) in [6.07, 6.45) is 1.45. The van der Waals surface area contributed by atoms with Gasteiger partial charge < -0.3 is 0 Å². The van der Waals surface area contributed by atoms with Gasteiger partial charge in [0, 0.05) is 6.54 Å². The summed E-state index contributed by atoms with van der Waals surface area (Å²) in [6, 6.07) is 6.59. The highest BCUT2D eigenvalue weighted by atomic mass is 35.5. The van der Waals surface area contributed by atoms with E-state index in [2.05, 4.69) is 16.0 Å². The predicted molar refractivity (Wildman–Crippen MR) is 62.2 cm³/mol. The molecule has 0 saturated carbocycles. The Labute approximate surface area is 94.1 Å². The van der Waals surface area contributed by atoms with Gasteiger partial charge in [-0.1, -0.05) is 29.8 Å². The minimum Gasteiger partial charge on any atom is -0.270 e. The Hall–Kier alpha value is -1.04. The normalized spacial score (nSPS) is 11.0. The Morgan fingerprint density at radius 1 is 1.40 bits per heavy atom. The number of hydrogen-bond acceptors (Lipinski definition) is 2. The van der Waals surface area contributed by atoms with Crippen LogP contribution in [0.15, 0.2) is 36.9 Å². The summed E-state index contributed by atoms with van der Waals surface area (Å²) in [5, 5.41) is 0.349. The first-order valence-electron chi connectivity index (χ1n) is 4.18. The molecule has 1 rings (SSSR count). The van der Waals surface area contributed by atoms with E-state index in [0.29, 0.717) is 10.7 Å². The van der Waals surface area contributed by atoms with Crippen LogP contribution in [0.25, 0.3) is 0 Å². The smallest absolute Gasteiger partial charge is 0.270 e.